The molecule has 18 heavy (non-hydrogen) atoms. The van der Waals surface area contributed by atoms with Crippen molar-refractivity contribution in [1.82, 2.24) is 4.90 Å². The Labute approximate surface area is 109 Å². The predicted octanol–water partition coefficient (Wildman–Crippen LogP) is 1.85. The van der Waals surface area contributed by atoms with Crippen molar-refractivity contribution in [3.05, 3.63) is 35.9 Å². The standard InChI is InChI=1S/C15H23NO2/c1-3-9-16(10-11-17)12-15(2,13-18)14-7-5-4-6-8-14/h4-8,13,17H,3,9-12H2,1-2H3. The molecule has 1 atom stereocenters. The lowest BCUT2D eigenvalue weighted by Gasteiger charge is -2.31. The first-order valence-electron chi connectivity index (χ1n) is 6.51. The third kappa shape index (κ3) is 3.93. The van der Waals surface area contributed by atoms with Crippen LogP contribution in [0, 0.1) is 0 Å². The summed E-state index contributed by atoms with van der Waals surface area (Å²) in [7, 11) is 0. The molecule has 100 valence electrons. The molecular formula is C15H23NO2. The van der Waals surface area contributed by atoms with Gasteiger partial charge >= 0.3 is 0 Å². The van der Waals surface area contributed by atoms with Crippen LogP contribution in [-0.2, 0) is 10.2 Å². The molecule has 0 spiro atoms. The molecule has 1 aromatic rings. The van der Waals surface area contributed by atoms with Crippen molar-refractivity contribution in [2.24, 2.45) is 0 Å². The quantitative estimate of drug-likeness (QED) is 0.715. The van der Waals surface area contributed by atoms with Crippen molar-refractivity contribution >= 4 is 6.29 Å². The Hall–Kier alpha value is -1.19. The summed E-state index contributed by atoms with van der Waals surface area (Å²) in [5.41, 5.74) is 0.519. The van der Waals surface area contributed by atoms with Gasteiger partial charge in [0.2, 0.25) is 0 Å². The number of aliphatic hydroxyl groups excluding tert-OH is 1. The van der Waals surface area contributed by atoms with Crippen LogP contribution in [0.2, 0.25) is 0 Å². The summed E-state index contributed by atoms with van der Waals surface area (Å²) >= 11 is 0. The van der Waals surface area contributed by atoms with Crippen LogP contribution < -0.4 is 0 Å². The maximum absolute atomic E-state index is 11.5. The van der Waals surface area contributed by atoms with E-state index in [1.165, 1.54) is 0 Å². The number of nitrogens with zero attached hydrogens (tertiary/aromatic N) is 1. The molecule has 3 heteroatoms. The Balaban J connectivity index is 2.84. The molecular weight excluding hydrogens is 226 g/mol. The molecule has 0 aliphatic heterocycles. The molecule has 0 bridgehead atoms. The Kier molecular flexibility index (Phi) is 6.02. The largest absolute Gasteiger partial charge is 0.395 e. The smallest absolute Gasteiger partial charge is 0.131 e. The monoisotopic (exact) mass is 249 g/mol. The third-order valence-corrected chi connectivity index (χ3v) is 3.20. The normalized spacial score (nSPS) is 14.4. The van der Waals surface area contributed by atoms with E-state index in [1.54, 1.807) is 0 Å². The van der Waals surface area contributed by atoms with Gasteiger partial charge in [-0.3, -0.25) is 4.90 Å². The van der Waals surface area contributed by atoms with E-state index in [0.717, 1.165) is 24.8 Å². The molecule has 0 saturated heterocycles. The SMILES string of the molecule is CCCN(CCO)CC(C)(C=O)c1ccccc1. The fourth-order valence-electron chi connectivity index (χ4n) is 2.21. The second-order valence-electron chi connectivity index (χ2n) is 4.90. The molecule has 0 fully saturated rings. The topological polar surface area (TPSA) is 40.5 Å². The molecule has 1 N–H and O–H groups in total. The second kappa shape index (κ2) is 7.29. The fourth-order valence-corrected chi connectivity index (χ4v) is 2.21. The van der Waals surface area contributed by atoms with Crippen LogP contribution in [0.4, 0.5) is 0 Å². The molecule has 0 aliphatic rings. The summed E-state index contributed by atoms with van der Waals surface area (Å²) in [5.74, 6) is 0. The van der Waals surface area contributed by atoms with Crippen molar-refractivity contribution in [1.29, 1.82) is 0 Å². The van der Waals surface area contributed by atoms with Gasteiger partial charge in [-0.1, -0.05) is 37.3 Å². The summed E-state index contributed by atoms with van der Waals surface area (Å²) in [4.78, 5) is 13.6. The second-order valence-corrected chi connectivity index (χ2v) is 4.90. The van der Waals surface area contributed by atoms with Crippen molar-refractivity contribution in [2.75, 3.05) is 26.2 Å². The summed E-state index contributed by atoms with van der Waals surface area (Å²) < 4.78 is 0. The lowest BCUT2D eigenvalue weighted by Crippen LogP contribution is -2.41. The van der Waals surface area contributed by atoms with Crippen molar-refractivity contribution in [3.63, 3.8) is 0 Å². The summed E-state index contributed by atoms with van der Waals surface area (Å²) in [6, 6.07) is 9.82. The van der Waals surface area contributed by atoms with E-state index in [4.69, 9.17) is 5.11 Å². The molecule has 0 saturated carbocycles. The highest BCUT2D eigenvalue weighted by Gasteiger charge is 2.28. The molecule has 1 unspecified atom stereocenters. The van der Waals surface area contributed by atoms with Crippen molar-refractivity contribution in [2.45, 2.75) is 25.7 Å². The van der Waals surface area contributed by atoms with E-state index in [9.17, 15) is 4.79 Å². The van der Waals surface area contributed by atoms with Crippen LogP contribution in [0.5, 0.6) is 0 Å². The van der Waals surface area contributed by atoms with Gasteiger partial charge in [-0.05, 0) is 25.5 Å². The minimum atomic E-state index is -0.508. The van der Waals surface area contributed by atoms with Gasteiger partial charge in [-0.15, -0.1) is 0 Å². The number of aldehydes is 1. The molecule has 0 heterocycles. The average molecular weight is 249 g/mol. The van der Waals surface area contributed by atoms with E-state index in [1.807, 2.05) is 37.3 Å². The van der Waals surface area contributed by atoms with Crippen molar-refractivity contribution < 1.29 is 9.90 Å². The predicted molar refractivity (Wildman–Crippen MR) is 73.7 cm³/mol. The average Bonchev–Trinajstić information content (AvgIpc) is 2.40. The first kappa shape index (κ1) is 14.9. The highest BCUT2D eigenvalue weighted by Crippen LogP contribution is 2.22. The number of carbonyl (C=O) groups is 1. The van der Waals surface area contributed by atoms with Gasteiger partial charge in [-0.2, -0.15) is 0 Å². The Morgan fingerprint density at radius 2 is 1.94 bits per heavy atom. The Morgan fingerprint density at radius 1 is 1.28 bits per heavy atom. The number of hydrogen-bond acceptors (Lipinski definition) is 3. The van der Waals surface area contributed by atoms with E-state index >= 15 is 0 Å². The van der Waals surface area contributed by atoms with E-state index in [2.05, 4.69) is 11.8 Å². The molecule has 0 aromatic heterocycles. The van der Waals surface area contributed by atoms with Crippen LogP contribution in [0.15, 0.2) is 30.3 Å². The maximum Gasteiger partial charge on any atom is 0.131 e. The lowest BCUT2D eigenvalue weighted by atomic mass is 9.83. The van der Waals surface area contributed by atoms with Crippen LogP contribution >= 0.6 is 0 Å². The first-order valence-corrected chi connectivity index (χ1v) is 6.51. The van der Waals surface area contributed by atoms with Crippen molar-refractivity contribution in [3.8, 4) is 0 Å². The molecule has 1 rings (SSSR count). The van der Waals surface area contributed by atoms with E-state index in [0.29, 0.717) is 13.1 Å². The van der Waals surface area contributed by atoms with Crippen LogP contribution in [0.25, 0.3) is 0 Å². The van der Waals surface area contributed by atoms with Gasteiger partial charge in [0, 0.05) is 13.1 Å². The number of rotatable bonds is 8. The number of hydrogen-bond donors (Lipinski definition) is 1. The summed E-state index contributed by atoms with van der Waals surface area (Å²) in [5, 5.41) is 9.07. The number of benzene rings is 1. The fraction of sp³-hybridized carbons (Fsp3) is 0.533. The van der Waals surface area contributed by atoms with Gasteiger partial charge in [0.1, 0.15) is 6.29 Å². The maximum atomic E-state index is 11.5. The van der Waals surface area contributed by atoms with Crippen LogP contribution in [0.1, 0.15) is 25.8 Å². The third-order valence-electron chi connectivity index (χ3n) is 3.20. The first-order chi connectivity index (χ1) is 8.66. The minimum Gasteiger partial charge on any atom is -0.395 e. The Bertz CT molecular complexity index is 347. The zero-order valence-corrected chi connectivity index (χ0v) is 11.3. The molecule has 0 radical (unpaired) electrons. The van der Waals surface area contributed by atoms with Gasteiger partial charge in [0.05, 0.1) is 12.0 Å². The number of aliphatic hydroxyl groups is 1. The van der Waals surface area contributed by atoms with Gasteiger partial charge in [-0.25, -0.2) is 0 Å². The highest BCUT2D eigenvalue weighted by molar-refractivity contribution is 5.68. The summed E-state index contributed by atoms with van der Waals surface area (Å²) in [6.45, 7) is 6.35. The highest BCUT2D eigenvalue weighted by atomic mass is 16.3. The van der Waals surface area contributed by atoms with Crippen LogP contribution in [-0.4, -0.2) is 42.5 Å². The van der Waals surface area contributed by atoms with E-state index < -0.39 is 5.41 Å². The van der Waals surface area contributed by atoms with Crippen LogP contribution in [0.3, 0.4) is 0 Å². The number of carbonyl (C=O) groups excluding carboxylic acids is 1. The van der Waals surface area contributed by atoms with Gasteiger partial charge in [0.25, 0.3) is 0 Å². The lowest BCUT2D eigenvalue weighted by molar-refractivity contribution is -0.112. The Morgan fingerprint density at radius 3 is 2.44 bits per heavy atom. The molecule has 3 nitrogen and oxygen atoms in total. The van der Waals surface area contributed by atoms with E-state index in [-0.39, 0.29) is 6.61 Å². The summed E-state index contributed by atoms with van der Waals surface area (Å²) in [6.07, 6.45) is 2.03. The van der Waals surface area contributed by atoms with Gasteiger partial charge < -0.3 is 9.90 Å². The zero-order valence-electron chi connectivity index (χ0n) is 11.3. The molecule has 0 aliphatic carbocycles. The minimum absolute atomic E-state index is 0.129. The molecule has 0 amide bonds. The zero-order chi connectivity index (χ0) is 13.4. The van der Waals surface area contributed by atoms with Gasteiger partial charge in [0.15, 0.2) is 0 Å². The molecule has 1 aromatic carbocycles.